The van der Waals surface area contributed by atoms with Crippen molar-refractivity contribution in [2.75, 3.05) is 7.11 Å². The van der Waals surface area contributed by atoms with Gasteiger partial charge in [-0.2, -0.15) is 0 Å². The number of rotatable bonds is 1. The third-order valence-electron chi connectivity index (χ3n) is 0.979. The Hall–Kier alpha value is 0.616. The molecule has 0 spiro atoms. The van der Waals surface area contributed by atoms with E-state index in [0.717, 1.165) is 5.75 Å². The van der Waals surface area contributed by atoms with Gasteiger partial charge in [0.25, 0.3) is 0 Å². The molecule has 0 aliphatic carbocycles. The molecule has 0 saturated carbocycles. The van der Waals surface area contributed by atoms with E-state index in [1.54, 1.807) is 7.11 Å². The first-order chi connectivity index (χ1) is 3.93. The van der Waals surface area contributed by atoms with E-state index >= 15 is 0 Å². The van der Waals surface area contributed by atoms with Crippen molar-refractivity contribution in [3.8, 4) is 5.75 Å². The summed E-state index contributed by atoms with van der Waals surface area (Å²) in [5.74, 6) is 0.910. The molecule has 0 aliphatic heterocycles. The Morgan fingerprint density at radius 1 is 1.00 bits per heavy atom. The molecule has 0 unspecified atom stereocenters. The minimum Gasteiger partial charge on any atom is -1.00 e. The zero-order valence-corrected chi connectivity index (χ0v) is 11.6. The number of benzene rings is 1. The number of hydrogen-bond acceptors (Lipinski definition) is 1. The molecule has 0 atom stereocenters. The maximum absolute atomic E-state index is 4.91. The van der Waals surface area contributed by atoms with Gasteiger partial charge in [0.15, 0.2) is 0 Å². The van der Waals surface area contributed by atoms with Crippen molar-refractivity contribution in [1.82, 2.24) is 0 Å². The zero-order valence-electron chi connectivity index (χ0n) is 5.90. The zero-order chi connectivity index (χ0) is 5.82. The van der Waals surface area contributed by atoms with Crippen LogP contribution in [0.25, 0.3) is 0 Å². The van der Waals surface area contributed by atoms with Gasteiger partial charge in [-0.1, -0.05) is 18.2 Å². The normalized spacial score (nSPS) is 6.27. The fourth-order valence-corrected chi connectivity index (χ4v) is 0.557. The van der Waals surface area contributed by atoms with Crippen LogP contribution in [0.15, 0.2) is 30.3 Å². The topological polar surface area (TPSA) is 9.23 Å². The van der Waals surface area contributed by atoms with Crippen LogP contribution in [0.3, 0.4) is 0 Å². The molecule has 64 valence electrons. The number of methoxy groups -OCH3 is 1. The molecule has 0 bridgehead atoms. The molecule has 4 heteroatoms. The van der Waals surface area contributed by atoms with Crippen molar-refractivity contribution in [3.05, 3.63) is 30.3 Å². The van der Waals surface area contributed by atoms with Gasteiger partial charge in [0.1, 0.15) is 5.75 Å². The Labute approximate surface area is 101 Å². The number of para-hydroxylation sites is 1. The van der Waals surface area contributed by atoms with Crippen LogP contribution >= 0.6 is 0 Å². The second-order valence-electron chi connectivity index (χ2n) is 1.52. The van der Waals surface area contributed by atoms with Crippen molar-refractivity contribution in [1.29, 1.82) is 0 Å². The summed E-state index contributed by atoms with van der Waals surface area (Å²) in [7, 11) is 1.66. The van der Waals surface area contributed by atoms with Crippen LogP contribution in [0, 0.1) is 0 Å². The molecule has 1 aromatic rings. The quantitative estimate of drug-likeness (QED) is 0.414. The predicted octanol–water partition coefficient (Wildman–Crippen LogP) is -4.30. The minimum atomic E-state index is 0. The fourth-order valence-electron chi connectivity index (χ4n) is 0.557. The first-order valence-corrected chi connectivity index (χ1v) is 2.52. The monoisotopic (exact) mass is 458 g/mol. The molecule has 0 aliphatic rings. The van der Waals surface area contributed by atoms with E-state index in [1.807, 2.05) is 30.3 Å². The van der Waals surface area contributed by atoms with Gasteiger partial charge in [0.05, 0.1) is 7.11 Å². The molecule has 0 fully saturated rings. The van der Waals surface area contributed by atoms with Crippen LogP contribution in [0.5, 0.6) is 5.75 Å². The average Bonchev–Trinajstić information content (AvgIpc) is 1.90. The van der Waals surface area contributed by atoms with Crippen LogP contribution in [0.4, 0.5) is 0 Å². The van der Waals surface area contributed by atoms with E-state index in [0.29, 0.717) is 0 Å². The Bertz CT molecular complexity index is 158. The number of hydrogen-bond donors (Lipinski definition) is 0. The van der Waals surface area contributed by atoms with Gasteiger partial charge >= 0.3 is 19.8 Å². The Kier molecular flexibility index (Phi) is 17.0. The summed E-state index contributed by atoms with van der Waals surface area (Å²) in [6.07, 6.45) is 0. The maximum atomic E-state index is 4.91. The summed E-state index contributed by atoms with van der Waals surface area (Å²) < 4.78 is 4.91. The van der Waals surface area contributed by atoms with Gasteiger partial charge in [-0.05, 0) is 12.1 Å². The van der Waals surface area contributed by atoms with E-state index in [9.17, 15) is 0 Å². The standard InChI is InChI=1S/C7H8O.2BrH.Os/c1-8-7-5-3-2-4-6-7;;;/h2-6H,1H3;2*1H;/q;;;+2/p-2. The van der Waals surface area contributed by atoms with Crippen LogP contribution in [-0.2, 0) is 19.8 Å². The summed E-state index contributed by atoms with van der Waals surface area (Å²) >= 11 is 0. The molecule has 0 N–H and O–H groups in total. The summed E-state index contributed by atoms with van der Waals surface area (Å²) in [6, 6.07) is 9.68. The van der Waals surface area contributed by atoms with Gasteiger partial charge in [-0.15, -0.1) is 0 Å². The van der Waals surface area contributed by atoms with E-state index in [1.165, 1.54) is 0 Å². The van der Waals surface area contributed by atoms with Crippen molar-refractivity contribution >= 4 is 0 Å². The number of ether oxygens (including phenoxy) is 1. The third kappa shape index (κ3) is 6.99. The van der Waals surface area contributed by atoms with Crippen LogP contribution in [-0.4, -0.2) is 7.11 Å². The van der Waals surface area contributed by atoms with Gasteiger partial charge < -0.3 is 38.7 Å². The second kappa shape index (κ2) is 10.6. The molecule has 0 radical (unpaired) electrons. The minimum absolute atomic E-state index is 0. The molecule has 0 heterocycles. The average molecular weight is 458 g/mol. The second-order valence-corrected chi connectivity index (χ2v) is 1.52. The Morgan fingerprint density at radius 3 is 1.73 bits per heavy atom. The summed E-state index contributed by atoms with van der Waals surface area (Å²) in [6.45, 7) is 0. The third-order valence-corrected chi connectivity index (χ3v) is 0.979. The van der Waals surface area contributed by atoms with Gasteiger partial charge in [-0.25, -0.2) is 0 Å². The molecule has 1 nitrogen and oxygen atoms in total. The SMILES string of the molecule is COc1ccccc1.[Br-].[Br-].[Os+2]. The van der Waals surface area contributed by atoms with Gasteiger partial charge in [-0.3, -0.25) is 0 Å². The van der Waals surface area contributed by atoms with Crippen LogP contribution < -0.4 is 38.7 Å². The molecule has 1 aromatic carbocycles. The Balaban J connectivity index is -0.000000213. The van der Waals surface area contributed by atoms with E-state index < -0.39 is 0 Å². The van der Waals surface area contributed by atoms with E-state index in [4.69, 9.17) is 4.74 Å². The maximum Gasteiger partial charge on any atom is 2.00 e. The first-order valence-electron chi connectivity index (χ1n) is 2.52. The van der Waals surface area contributed by atoms with E-state index in [2.05, 4.69) is 0 Å². The van der Waals surface area contributed by atoms with Gasteiger partial charge in [0.2, 0.25) is 0 Å². The van der Waals surface area contributed by atoms with Crippen molar-refractivity contribution in [2.45, 2.75) is 0 Å². The summed E-state index contributed by atoms with van der Waals surface area (Å²) in [5, 5.41) is 0. The predicted molar refractivity (Wildman–Crippen MR) is 33.0 cm³/mol. The summed E-state index contributed by atoms with van der Waals surface area (Å²) in [4.78, 5) is 0. The van der Waals surface area contributed by atoms with E-state index in [-0.39, 0.29) is 53.8 Å². The first kappa shape index (κ1) is 17.6. The van der Waals surface area contributed by atoms with Crippen LogP contribution in [0.2, 0.25) is 0 Å². The Morgan fingerprint density at radius 2 is 1.45 bits per heavy atom. The molecule has 0 aromatic heterocycles. The molecule has 11 heavy (non-hydrogen) atoms. The smallest absolute Gasteiger partial charge is 1.00 e. The largest absolute Gasteiger partial charge is 2.00 e. The molecular formula is C7H8Br2OOs. The summed E-state index contributed by atoms with van der Waals surface area (Å²) in [5.41, 5.74) is 0. The molecular weight excluding hydrogens is 450 g/mol. The molecule has 0 amide bonds. The van der Waals surface area contributed by atoms with Gasteiger partial charge in [0, 0.05) is 0 Å². The van der Waals surface area contributed by atoms with Crippen molar-refractivity contribution in [3.63, 3.8) is 0 Å². The van der Waals surface area contributed by atoms with Crippen molar-refractivity contribution < 1.29 is 58.5 Å². The van der Waals surface area contributed by atoms with Crippen molar-refractivity contribution in [2.24, 2.45) is 0 Å². The fraction of sp³-hybridized carbons (Fsp3) is 0.143. The van der Waals surface area contributed by atoms with Crippen LogP contribution in [0.1, 0.15) is 0 Å². The molecule has 1 rings (SSSR count). The number of halogens is 2. The molecule has 0 saturated heterocycles.